The smallest absolute Gasteiger partial charge is 0.251 e. The van der Waals surface area contributed by atoms with Gasteiger partial charge in [0.15, 0.2) is 0 Å². The summed E-state index contributed by atoms with van der Waals surface area (Å²) < 4.78 is 0. The average molecular weight is 234 g/mol. The minimum absolute atomic E-state index is 0.0721. The van der Waals surface area contributed by atoms with E-state index in [1.54, 1.807) is 24.3 Å². The molecule has 2 N–H and O–H groups in total. The number of benzene rings is 1. The highest BCUT2D eigenvalue weighted by molar-refractivity contribution is 5.94. The Kier molecular flexibility index (Phi) is 5.49. The number of rotatable bonds is 6. The molecular formula is C13H20N3O. The average Bonchev–Trinajstić information content (AvgIpc) is 2.35. The van der Waals surface area contributed by atoms with E-state index >= 15 is 0 Å². The molecule has 4 heteroatoms. The Morgan fingerprint density at radius 1 is 1.24 bits per heavy atom. The molecule has 0 spiro atoms. The first-order valence-corrected chi connectivity index (χ1v) is 5.99. The fourth-order valence-corrected chi connectivity index (χ4v) is 1.59. The van der Waals surface area contributed by atoms with E-state index in [1.165, 1.54) is 0 Å². The number of nitrogens with zero attached hydrogens (tertiary/aromatic N) is 1. The van der Waals surface area contributed by atoms with Crippen LogP contribution in [-0.4, -0.2) is 37.0 Å². The van der Waals surface area contributed by atoms with Crippen LogP contribution in [0.2, 0.25) is 0 Å². The van der Waals surface area contributed by atoms with E-state index < -0.39 is 0 Å². The quantitative estimate of drug-likeness (QED) is 0.814. The van der Waals surface area contributed by atoms with Gasteiger partial charge in [-0.3, -0.25) is 4.79 Å². The van der Waals surface area contributed by atoms with Crippen LogP contribution in [0, 0.1) is 0 Å². The molecule has 0 saturated heterocycles. The third kappa shape index (κ3) is 4.44. The second-order valence-electron chi connectivity index (χ2n) is 3.86. The highest BCUT2D eigenvalue weighted by Gasteiger charge is 2.05. The third-order valence-electron chi connectivity index (χ3n) is 2.76. The van der Waals surface area contributed by atoms with Crippen LogP contribution in [0.5, 0.6) is 0 Å². The highest BCUT2D eigenvalue weighted by Crippen LogP contribution is 2.06. The summed E-state index contributed by atoms with van der Waals surface area (Å²) in [7, 11) is 0. The van der Waals surface area contributed by atoms with Crippen molar-refractivity contribution in [2.75, 3.05) is 26.2 Å². The number of hydrogen-bond donors (Lipinski definition) is 1. The first-order chi connectivity index (χ1) is 8.17. The predicted octanol–water partition coefficient (Wildman–Crippen LogP) is 1.67. The lowest BCUT2D eigenvalue weighted by molar-refractivity contribution is 0.0949. The standard InChI is InChI=1S/C13H20N3O/c1-3-16(4-2)10-9-15-13(17)11-5-7-12(14)8-6-11/h5-8,14H,3-4,9-10H2,1-2H3,(H,15,17). The van der Waals surface area contributed by atoms with Gasteiger partial charge in [0.1, 0.15) is 0 Å². The number of carbonyl (C=O) groups excluding carboxylic acids is 1. The molecule has 0 unspecified atom stereocenters. The van der Waals surface area contributed by atoms with Gasteiger partial charge in [-0.1, -0.05) is 13.8 Å². The minimum atomic E-state index is -0.0721. The Morgan fingerprint density at radius 3 is 2.35 bits per heavy atom. The summed E-state index contributed by atoms with van der Waals surface area (Å²) in [5.41, 5.74) is 8.37. The van der Waals surface area contributed by atoms with Gasteiger partial charge in [-0.25, -0.2) is 0 Å². The maximum absolute atomic E-state index is 11.7. The molecule has 0 aliphatic rings. The number of likely N-dealkylation sites (N-methyl/N-ethyl adjacent to an activating group) is 1. The number of hydrogen-bond acceptors (Lipinski definition) is 2. The molecule has 0 aromatic heterocycles. The fraction of sp³-hybridized carbons (Fsp3) is 0.462. The lowest BCUT2D eigenvalue weighted by atomic mass is 10.2. The van der Waals surface area contributed by atoms with Crippen molar-refractivity contribution in [1.29, 1.82) is 0 Å². The van der Waals surface area contributed by atoms with Gasteiger partial charge < -0.3 is 16.0 Å². The van der Waals surface area contributed by atoms with Crippen LogP contribution in [0.1, 0.15) is 24.2 Å². The van der Waals surface area contributed by atoms with Gasteiger partial charge in [-0.05, 0) is 37.4 Å². The molecule has 1 radical (unpaired) electrons. The van der Waals surface area contributed by atoms with Gasteiger partial charge in [-0.2, -0.15) is 0 Å². The molecule has 93 valence electrons. The van der Waals surface area contributed by atoms with E-state index in [9.17, 15) is 4.79 Å². The number of amides is 1. The molecule has 0 bridgehead atoms. The van der Waals surface area contributed by atoms with Crippen LogP contribution in [0.4, 0.5) is 5.69 Å². The summed E-state index contributed by atoms with van der Waals surface area (Å²) in [6.07, 6.45) is 0. The van der Waals surface area contributed by atoms with Crippen molar-refractivity contribution in [3.63, 3.8) is 0 Å². The molecule has 4 nitrogen and oxygen atoms in total. The zero-order valence-corrected chi connectivity index (χ0v) is 10.5. The predicted molar refractivity (Wildman–Crippen MR) is 69.3 cm³/mol. The topological polar surface area (TPSA) is 56.1 Å². The van der Waals surface area contributed by atoms with Gasteiger partial charge in [0.05, 0.1) is 5.69 Å². The summed E-state index contributed by atoms with van der Waals surface area (Å²) in [6, 6.07) is 6.60. The fourth-order valence-electron chi connectivity index (χ4n) is 1.59. The van der Waals surface area contributed by atoms with E-state index in [-0.39, 0.29) is 5.91 Å². The van der Waals surface area contributed by atoms with Crippen molar-refractivity contribution in [3.8, 4) is 0 Å². The monoisotopic (exact) mass is 234 g/mol. The summed E-state index contributed by atoms with van der Waals surface area (Å²) >= 11 is 0. The molecule has 0 aliphatic carbocycles. The molecule has 1 aromatic rings. The van der Waals surface area contributed by atoms with E-state index in [0.717, 1.165) is 19.6 Å². The third-order valence-corrected chi connectivity index (χ3v) is 2.76. The second-order valence-corrected chi connectivity index (χ2v) is 3.86. The maximum Gasteiger partial charge on any atom is 0.251 e. The Balaban J connectivity index is 2.37. The van der Waals surface area contributed by atoms with E-state index in [1.807, 2.05) is 0 Å². The molecule has 0 aliphatic heterocycles. The summed E-state index contributed by atoms with van der Waals surface area (Å²) in [5.74, 6) is -0.0721. The normalized spacial score (nSPS) is 10.5. The Morgan fingerprint density at radius 2 is 1.82 bits per heavy atom. The lowest BCUT2D eigenvalue weighted by Gasteiger charge is -2.17. The van der Waals surface area contributed by atoms with E-state index in [0.29, 0.717) is 17.8 Å². The van der Waals surface area contributed by atoms with E-state index in [2.05, 4.69) is 24.1 Å². The van der Waals surface area contributed by atoms with Crippen molar-refractivity contribution in [1.82, 2.24) is 16.0 Å². The number of nitrogens with one attached hydrogen (secondary N) is 2. The molecule has 0 atom stereocenters. The number of carbonyl (C=O) groups is 1. The SMILES string of the molecule is CCN(CC)CCNC(=O)c1ccc([NH])cc1. The molecule has 0 heterocycles. The molecular weight excluding hydrogens is 214 g/mol. The zero-order chi connectivity index (χ0) is 12.7. The molecule has 0 saturated carbocycles. The van der Waals surface area contributed by atoms with Crippen LogP contribution >= 0.6 is 0 Å². The molecule has 1 rings (SSSR count). The van der Waals surface area contributed by atoms with Crippen LogP contribution < -0.4 is 11.1 Å². The summed E-state index contributed by atoms with van der Waals surface area (Å²) in [4.78, 5) is 14.0. The lowest BCUT2D eigenvalue weighted by Crippen LogP contribution is -2.34. The first-order valence-electron chi connectivity index (χ1n) is 5.99. The van der Waals surface area contributed by atoms with Gasteiger partial charge in [0.25, 0.3) is 5.91 Å². The van der Waals surface area contributed by atoms with Gasteiger partial charge in [-0.15, -0.1) is 0 Å². The van der Waals surface area contributed by atoms with Gasteiger partial charge in [0, 0.05) is 18.7 Å². The van der Waals surface area contributed by atoms with Crippen LogP contribution in [-0.2, 0) is 0 Å². The summed E-state index contributed by atoms with van der Waals surface area (Å²) in [6.45, 7) is 7.74. The van der Waals surface area contributed by atoms with Crippen molar-refractivity contribution in [3.05, 3.63) is 29.8 Å². The molecule has 1 amide bonds. The van der Waals surface area contributed by atoms with Crippen molar-refractivity contribution in [2.45, 2.75) is 13.8 Å². The Hall–Kier alpha value is -1.55. The second kappa shape index (κ2) is 6.91. The highest BCUT2D eigenvalue weighted by atomic mass is 16.1. The van der Waals surface area contributed by atoms with Crippen LogP contribution in [0.15, 0.2) is 24.3 Å². The van der Waals surface area contributed by atoms with E-state index in [4.69, 9.17) is 5.73 Å². The van der Waals surface area contributed by atoms with Gasteiger partial charge >= 0.3 is 0 Å². The molecule has 0 fully saturated rings. The zero-order valence-electron chi connectivity index (χ0n) is 10.5. The Labute approximate surface area is 103 Å². The first kappa shape index (κ1) is 13.5. The van der Waals surface area contributed by atoms with Crippen LogP contribution in [0.3, 0.4) is 0 Å². The summed E-state index contributed by atoms with van der Waals surface area (Å²) in [5, 5.41) is 2.88. The van der Waals surface area contributed by atoms with Crippen molar-refractivity contribution in [2.24, 2.45) is 0 Å². The maximum atomic E-state index is 11.7. The van der Waals surface area contributed by atoms with Crippen molar-refractivity contribution < 1.29 is 4.79 Å². The van der Waals surface area contributed by atoms with Gasteiger partial charge in [0.2, 0.25) is 0 Å². The largest absolute Gasteiger partial charge is 0.351 e. The van der Waals surface area contributed by atoms with Crippen LogP contribution in [0.25, 0.3) is 0 Å². The molecule has 1 aromatic carbocycles. The van der Waals surface area contributed by atoms with Crippen molar-refractivity contribution >= 4 is 11.6 Å². The molecule has 17 heavy (non-hydrogen) atoms. The Bertz CT molecular complexity index is 344. The minimum Gasteiger partial charge on any atom is -0.351 e.